The van der Waals surface area contributed by atoms with Gasteiger partial charge >= 0.3 is 0 Å². The van der Waals surface area contributed by atoms with E-state index in [-0.39, 0.29) is 10.8 Å². The molecule has 0 amide bonds. The summed E-state index contributed by atoms with van der Waals surface area (Å²) in [7, 11) is 0. The Hall–Kier alpha value is -5.08. The topological polar surface area (TPSA) is 9.86 Å². The molecule has 0 saturated heterocycles. The van der Waals surface area contributed by atoms with E-state index in [9.17, 15) is 0 Å². The van der Waals surface area contributed by atoms with Crippen LogP contribution in [0, 0.1) is 0 Å². The molecule has 0 fully saturated rings. The molecule has 2 aliphatic rings. The highest BCUT2D eigenvalue weighted by atomic mass is 15.1. The first kappa shape index (κ1) is 28.4. The van der Waals surface area contributed by atoms with Gasteiger partial charge in [0, 0.05) is 55.5 Å². The largest absolute Gasteiger partial charge is 0.312 e. The highest BCUT2D eigenvalue weighted by Gasteiger charge is 2.40. The van der Waals surface area contributed by atoms with Crippen molar-refractivity contribution in [2.24, 2.45) is 0 Å². The quantitative estimate of drug-likeness (QED) is 0.187. The van der Waals surface area contributed by atoms with Crippen LogP contribution in [-0.4, -0.2) is 9.13 Å². The molecule has 2 aliphatic heterocycles. The fourth-order valence-corrected chi connectivity index (χ4v) is 8.23. The van der Waals surface area contributed by atoms with Gasteiger partial charge < -0.3 is 9.13 Å². The van der Waals surface area contributed by atoms with Gasteiger partial charge in [-0.3, -0.25) is 0 Å². The molecule has 226 valence electrons. The minimum absolute atomic E-state index is 0.0924. The van der Waals surface area contributed by atoms with Gasteiger partial charge in [0.1, 0.15) is 0 Å². The van der Waals surface area contributed by atoms with Crippen molar-refractivity contribution in [3.05, 3.63) is 145 Å². The Labute approximate surface area is 272 Å². The summed E-state index contributed by atoms with van der Waals surface area (Å²) in [5, 5.41) is 2.57. The smallest absolute Gasteiger partial charge is 0.0538 e. The van der Waals surface area contributed by atoms with Crippen LogP contribution in [0.3, 0.4) is 0 Å². The van der Waals surface area contributed by atoms with Gasteiger partial charge in [-0.2, -0.15) is 0 Å². The molecule has 0 atom stereocenters. The molecule has 0 bridgehead atoms. The van der Waals surface area contributed by atoms with Crippen molar-refractivity contribution in [3.8, 4) is 33.4 Å². The molecule has 0 aliphatic carbocycles. The van der Waals surface area contributed by atoms with Crippen molar-refractivity contribution in [2.75, 3.05) is 0 Å². The number of nitrogens with zero attached hydrogens (tertiary/aromatic N) is 2. The lowest BCUT2D eigenvalue weighted by Gasteiger charge is -2.23. The summed E-state index contributed by atoms with van der Waals surface area (Å²) >= 11 is 0. The standard InChI is InChI=1S/C44H40N2/c1-9-35-27(3)43(5,6)41-39(33-15-11-13-17-37(33)45(35)41)31-23-19-29(20-24-31)30-21-25-32(26-22-30)40-34-16-12-14-18-38(34)46-36(10-2)28(4)44(7,8)42(40)46/h9-26H,1-2H2,3-8H3. The van der Waals surface area contributed by atoms with Gasteiger partial charge in [0.25, 0.3) is 0 Å². The monoisotopic (exact) mass is 596 g/mol. The maximum Gasteiger partial charge on any atom is 0.0538 e. The van der Waals surface area contributed by atoms with Crippen molar-refractivity contribution >= 4 is 33.2 Å². The number of allylic oxidation sites excluding steroid dienone is 6. The molecule has 0 saturated carbocycles. The first-order valence-corrected chi connectivity index (χ1v) is 16.3. The van der Waals surface area contributed by atoms with Gasteiger partial charge in [0.05, 0.1) is 11.0 Å². The van der Waals surface area contributed by atoms with Crippen molar-refractivity contribution in [2.45, 2.75) is 52.4 Å². The Morgan fingerprint density at radius 2 is 0.804 bits per heavy atom. The number of benzene rings is 4. The summed E-state index contributed by atoms with van der Waals surface area (Å²) in [5.41, 5.74) is 17.7. The second-order valence-corrected chi connectivity index (χ2v) is 14.0. The van der Waals surface area contributed by atoms with E-state index in [1.165, 1.54) is 89.1 Å². The molecule has 46 heavy (non-hydrogen) atoms. The third kappa shape index (κ3) is 3.59. The lowest BCUT2D eigenvalue weighted by Crippen LogP contribution is -2.17. The van der Waals surface area contributed by atoms with E-state index >= 15 is 0 Å². The molecule has 0 N–H and O–H groups in total. The Balaban J connectivity index is 1.20. The zero-order chi connectivity index (χ0) is 32.1. The van der Waals surface area contributed by atoms with Gasteiger partial charge in [-0.25, -0.2) is 0 Å². The Kier molecular flexibility index (Phi) is 5.99. The number of hydrogen-bond acceptors (Lipinski definition) is 0. The number of para-hydroxylation sites is 2. The molecular weight excluding hydrogens is 556 g/mol. The second-order valence-electron chi connectivity index (χ2n) is 14.0. The Morgan fingerprint density at radius 3 is 1.15 bits per heavy atom. The predicted molar refractivity (Wildman–Crippen MR) is 198 cm³/mol. The van der Waals surface area contributed by atoms with E-state index in [1.54, 1.807) is 0 Å². The maximum absolute atomic E-state index is 4.18. The van der Waals surface area contributed by atoms with E-state index in [0.29, 0.717) is 0 Å². The molecule has 2 heteroatoms. The first-order chi connectivity index (χ1) is 22.1. The van der Waals surface area contributed by atoms with Crippen LogP contribution in [0.5, 0.6) is 0 Å². The van der Waals surface area contributed by atoms with E-state index in [0.717, 1.165) is 0 Å². The van der Waals surface area contributed by atoms with Crippen LogP contribution in [0.4, 0.5) is 0 Å². The van der Waals surface area contributed by atoms with E-state index in [2.05, 4.69) is 161 Å². The zero-order valence-electron chi connectivity index (χ0n) is 27.7. The fraction of sp³-hybridized carbons (Fsp3) is 0.182. The third-order valence-electron chi connectivity index (χ3n) is 11.1. The summed E-state index contributed by atoms with van der Waals surface area (Å²) in [6.07, 6.45) is 4.03. The highest BCUT2D eigenvalue weighted by Crippen LogP contribution is 2.53. The molecule has 0 unspecified atom stereocenters. The SMILES string of the molecule is C=CC1=C(C)C(C)(C)c2c(-c3ccc(-c4ccc(-c5c6n(c7ccccc57)C(C=C)=C(C)C6(C)C)cc4)cc3)c3ccccc3n21. The maximum atomic E-state index is 4.18. The number of aromatic nitrogens is 2. The van der Waals surface area contributed by atoms with E-state index in [1.807, 2.05) is 12.2 Å². The van der Waals surface area contributed by atoms with Gasteiger partial charge in [-0.15, -0.1) is 0 Å². The van der Waals surface area contributed by atoms with Crippen LogP contribution in [-0.2, 0) is 10.8 Å². The van der Waals surface area contributed by atoms with Gasteiger partial charge in [0.15, 0.2) is 0 Å². The van der Waals surface area contributed by atoms with Crippen LogP contribution in [0.1, 0.15) is 52.9 Å². The molecule has 4 heterocycles. The molecule has 2 nitrogen and oxygen atoms in total. The Bertz CT molecular complexity index is 2160. The summed E-state index contributed by atoms with van der Waals surface area (Å²) in [5.74, 6) is 0. The molecule has 2 aromatic heterocycles. The molecule has 6 aromatic rings. The van der Waals surface area contributed by atoms with Crippen LogP contribution >= 0.6 is 0 Å². The first-order valence-electron chi connectivity index (χ1n) is 16.3. The molecule has 4 aromatic carbocycles. The van der Waals surface area contributed by atoms with Gasteiger partial charge in [-0.05, 0) is 71.5 Å². The summed E-state index contributed by atoms with van der Waals surface area (Å²) in [6, 6.07) is 35.8. The normalized spacial score (nSPS) is 16.4. The summed E-state index contributed by atoms with van der Waals surface area (Å²) in [6.45, 7) is 22.2. The number of rotatable bonds is 5. The average Bonchev–Trinajstić information content (AvgIpc) is 3.71. The number of fused-ring (bicyclic) bond motifs is 6. The van der Waals surface area contributed by atoms with Gasteiger partial charge in [0.2, 0.25) is 0 Å². The molecule has 0 radical (unpaired) electrons. The third-order valence-corrected chi connectivity index (χ3v) is 11.1. The van der Waals surface area contributed by atoms with Crippen molar-refractivity contribution in [1.82, 2.24) is 9.13 Å². The van der Waals surface area contributed by atoms with Crippen molar-refractivity contribution in [1.29, 1.82) is 0 Å². The highest BCUT2D eigenvalue weighted by molar-refractivity contribution is 6.04. The predicted octanol–water partition coefficient (Wildman–Crippen LogP) is 12.0. The van der Waals surface area contributed by atoms with Crippen LogP contribution < -0.4 is 0 Å². The Morgan fingerprint density at radius 1 is 0.478 bits per heavy atom. The van der Waals surface area contributed by atoms with Crippen LogP contribution in [0.25, 0.3) is 66.6 Å². The fourth-order valence-electron chi connectivity index (χ4n) is 8.23. The lowest BCUT2D eigenvalue weighted by molar-refractivity contribution is 0.626. The zero-order valence-corrected chi connectivity index (χ0v) is 27.7. The van der Waals surface area contributed by atoms with Gasteiger partial charge in [-0.1, -0.05) is 126 Å². The van der Waals surface area contributed by atoms with E-state index in [4.69, 9.17) is 0 Å². The van der Waals surface area contributed by atoms with Crippen molar-refractivity contribution in [3.63, 3.8) is 0 Å². The summed E-state index contributed by atoms with van der Waals surface area (Å²) < 4.78 is 4.86. The van der Waals surface area contributed by atoms with Crippen molar-refractivity contribution < 1.29 is 0 Å². The second kappa shape index (κ2) is 9.71. The molecule has 0 spiro atoms. The number of hydrogen-bond donors (Lipinski definition) is 0. The lowest BCUT2D eigenvalue weighted by atomic mass is 9.79. The molecular formula is C44H40N2. The van der Waals surface area contributed by atoms with Crippen LogP contribution in [0.2, 0.25) is 0 Å². The minimum Gasteiger partial charge on any atom is -0.312 e. The molecule has 8 rings (SSSR count). The van der Waals surface area contributed by atoms with Crippen LogP contribution in [0.15, 0.2) is 134 Å². The van der Waals surface area contributed by atoms with E-state index < -0.39 is 0 Å². The summed E-state index contributed by atoms with van der Waals surface area (Å²) in [4.78, 5) is 0. The minimum atomic E-state index is -0.0924. The average molecular weight is 597 g/mol.